The summed E-state index contributed by atoms with van der Waals surface area (Å²) in [7, 11) is 0. The molecule has 56 heavy (non-hydrogen) atoms. The van der Waals surface area contributed by atoms with E-state index >= 15 is 0 Å². The maximum atomic E-state index is 13.1. The van der Waals surface area contributed by atoms with Crippen LogP contribution in [0.4, 0.5) is 0 Å². The number of aliphatic hydroxyl groups excluding tert-OH is 2. The van der Waals surface area contributed by atoms with Crippen LogP contribution < -0.4 is 5.32 Å². The largest absolute Gasteiger partial charge is 0.462 e. The Balaban J connectivity index is 4.31. The smallest absolute Gasteiger partial charge is 0.306 e. The molecule has 1 amide bonds. The summed E-state index contributed by atoms with van der Waals surface area (Å²) in [5.74, 6) is -0.468. The lowest BCUT2D eigenvalue weighted by Gasteiger charge is -2.24. The lowest BCUT2D eigenvalue weighted by Crippen LogP contribution is -2.46. The quantitative estimate of drug-likeness (QED) is 0.0324. The van der Waals surface area contributed by atoms with E-state index in [1.807, 2.05) is 0 Å². The van der Waals surface area contributed by atoms with E-state index in [-0.39, 0.29) is 24.9 Å². The molecule has 0 aromatic carbocycles. The summed E-state index contributed by atoms with van der Waals surface area (Å²) in [5.41, 5.74) is 0. The van der Waals surface area contributed by atoms with Crippen molar-refractivity contribution in [3.05, 3.63) is 12.2 Å². The van der Waals surface area contributed by atoms with E-state index in [1.54, 1.807) is 0 Å². The number of hydrogen-bond donors (Lipinski definition) is 3. The maximum Gasteiger partial charge on any atom is 0.306 e. The van der Waals surface area contributed by atoms with Crippen molar-refractivity contribution < 1.29 is 24.5 Å². The van der Waals surface area contributed by atoms with Crippen molar-refractivity contribution in [2.45, 2.75) is 289 Å². The van der Waals surface area contributed by atoms with Gasteiger partial charge in [0.2, 0.25) is 5.91 Å². The Morgan fingerprint density at radius 2 is 0.857 bits per heavy atom. The molecule has 0 radical (unpaired) electrons. The Labute approximate surface area is 349 Å². The van der Waals surface area contributed by atoms with Crippen molar-refractivity contribution in [1.29, 1.82) is 0 Å². The Kier molecular flexibility index (Phi) is 43.6. The highest BCUT2D eigenvalue weighted by atomic mass is 16.5. The zero-order valence-electron chi connectivity index (χ0n) is 37.8. The van der Waals surface area contributed by atoms with Crippen LogP contribution in [0.2, 0.25) is 0 Å². The van der Waals surface area contributed by atoms with Gasteiger partial charge in [-0.1, -0.05) is 219 Å². The lowest BCUT2D eigenvalue weighted by molar-refractivity contribution is -0.151. The molecule has 3 unspecified atom stereocenters. The average molecular weight is 792 g/mol. The van der Waals surface area contributed by atoms with Gasteiger partial charge in [-0.25, -0.2) is 0 Å². The molecule has 0 bridgehead atoms. The summed E-state index contributed by atoms with van der Waals surface area (Å²) in [6, 6.07) is -0.692. The number of nitrogens with one attached hydrogen (secondary N) is 1. The average Bonchev–Trinajstić information content (AvgIpc) is 3.19. The normalized spacial score (nSPS) is 13.3. The number of unbranched alkanes of at least 4 members (excludes halogenated alkanes) is 31. The van der Waals surface area contributed by atoms with Gasteiger partial charge in [0.15, 0.2) is 0 Å². The van der Waals surface area contributed by atoms with Gasteiger partial charge in [-0.2, -0.15) is 0 Å². The van der Waals surface area contributed by atoms with Crippen LogP contribution in [0.25, 0.3) is 0 Å². The molecule has 0 rings (SSSR count). The van der Waals surface area contributed by atoms with Crippen molar-refractivity contribution in [2.75, 3.05) is 6.61 Å². The highest BCUT2D eigenvalue weighted by molar-refractivity contribution is 5.77. The molecular formula is C50H97NO5. The van der Waals surface area contributed by atoms with E-state index in [2.05, 4.69) is 38.2 Å². The van der Waals surface area contributed by atoms with Gasteiger partial charge in [0.05, 0.1) is 25.2 Å². The molecule has 0 saturated carbocycles. The third kappa shape index (κ3) is 39.4. The molecule has 3 N–H and O–H groups in total. The van der Waals surface area contributed by atoms with Gasteiger partial charge >= 0.3 is 5.97 Å². The Bertz CT molecular complexity index is 847. The van der Waals surface area contributed by atoms with Crippen LogP contribution in [0, 0.1) is 0 Å². The fourth-order valence-electron chi connectivity index (χ4n) is 7.78. The van der Waals surface area contributed by atoms with Crippen LogP contribution in [0.15, 0.2) is 12.2 Å². The van der Waals surface area contributed by atoms with Crippen molar-refractivity contribution in [2.24, 2.45) is 0 Å². The van der Waals surface area contributed by atoms with E-state index in [0.717, 1.165) is 44.9 Å². The Morgan fingerprint density at radius 1 is 0.500 bits per heavy atom. The molecule has 0 aromatic heterocycles. The Hall–Kier alpha value is -1.40. The number of carbonyl (C=O) groups is 2. The predicted molar refractivity (Wildman–Crippen MR) is 241 cm³/mol. The minimum absolute atomic E-state index is 0.0821. The number of amides is 1. The zero-order valence-corrected chi connectivity index (χ0v) is 37.8. The summed E-state index contributed by atoms with van der Waals surface area (Å²) in [6.07, 6.45) is 48.6. The highest BCUT2D eigenvalue weighted by Gasteiger charge is 2.24. The van der Waals surface area contributed by atoms with E-state index in [0.29, 0.717) is 19.3 Å². The van der Waals surface area contributed by atoms with Crippen LogP contribution in [0.3, 0.4) is 0 Å². The summed E-state index contributed by atoms with van der Waals surface area (Å²) >= 11 is 0. The van der Waals surface area contributed by atoms with Gasteiger partial charge in [-0.05, 0) is 51.4 Å². The standard InChI is InChI=1S/C50H97NO5/c1-4-7-10-13-16-18-20-21-22-23-24-25-26-27-29-31-34-37-40-43-50(55)56-46(41-38-35-32-15-12-9-6-3)44-49(54)51-47(45-52)48(53)42-39-36-33-30-28-19-17-14-11-8-5-2/h21-22,46-48,52-53H,4-20,23-45H2,1-3H3,(H,51,54)/b22-21+. The number of aliphatic hydroxyl groups is 2. The monoisotopic (exact) mass is 792 g/mol. The van der Waals surface area contributed by atoms with Crippen molar-refractivity contribution in [3.8, 4) is 0 Å². The molecule has 3 atom stereocenters. The number of hydrogen-bond acceptors (Lipinski definition) is 5. The predicted octanol–water partition coefficient (Wildman–Crippen LogP) is 14.6. The minimum Gasteiger partial charge on any atom is -0.462 e. The number of rotatable bonds is 45. The van der Waals surface area contributed by atoms with Crippen molar-refractivity contribution in [3.63, 3.8) is 0 Å². The third-order valence-electron chi connectivity index (χ3n) is 11.6. The molecular weight excluding hydrogens is 695 g/mol. The van der Waals surface area contributed by atoms with Gasteiger partial charge in [0.1, 0.15) is 6.10 Å². The molecule has 6 heteroatoms. The van der Waals surface area contributed by atoms with Crippen LogP contribution in [0.1, 0.15) is 271 Å². The third-order valence-corrected chi connectivity index (χ3v) is 11.6. The topological polar surface area (TPSA) is 95.9 Å². The highest BCUT2D eigenvalue weighted by Crippen LogP contribution is 2.18. The van der Waals surface area contributed by atoms with Gasteiger partial charge < -0.3 is 20.3 Å². The zero-order chi connectivity index (χ0) is 41.0. The molecule has 6 nitrogen and oxygen atoms in total. The number of ether oxygens (including phenoxy) is 1. The van der Waals surface area contributed by atoms with Crippen molar-refractivity contribution >= 4 is 11.9 Å². The molecule has 332 valence electrons. The molecule has 0 aliphatic heterocycles. The first kappa shape index (κ1) is 54.6. The van der Waals surface area contributed by atoms with Crippen LogP contribution in [0.5, 0.6) is 0 Å². The van der Waals surface area contributed by atoms with Crippen molar-refractivity contribution in [1.82, 2.24) is 5.32 Å². The summed E-state index contributed by atoms with van der Waals surface area (Å²) in [6.45, 7) is 6.45. The Morgan fingerprint density at radius 3 is 1.27 bits per heavy atom. The molecule has 0 aliphatic rings. The fourth-order valence-corrected chi connectivity index (χ4v) is 7.78. The van der Waals surface area contributed by atoms with Gasteiger partial charge in [-0.15, -0.1) is 0 Å². The first-order valence-electron chi connectivity index (χ1n) is 24.9. The van der Waals surface area contributed by atoms with E-state index in [1.165, 1.54) is 180 Å². The van der Waals surface area contributed by atoms with Gasteiger partial charge in [0.25, 0.3) is 0 Å². The second kappa shape index (κ2) is 44.7. The second-order valence-corrected chi connectivity index (χ2v) is 17.2. The number of carbonyl (C=O) groups excluding carboxylic acids is 2. The number of allylic oxidation sites excluding steroid dienone is 2. The summed E-state index contributed by atoms with van der Waals surface area (Å²) in [5, 5.41) is 23.6. The second-order valence-electron chi connectivity index (χ2n) is 17.2. The minimum atomic E-state index is -0.779. The SMILES string of the molecule is CCCCCCCC/C=C/CCCCCCCCCCCC(=O)OC(CCCCCCCCC)CC(=O)NC(CO)C(O)CCCCCCCCCCCCC. The van der Waals surface area contributed by atoms with Crippen LogP contribution >= 0.6 is 0 Å². The first-order chi connectivity index (χ1) is 27.5. The van der Waals surface area contributed by atoms with Crippen LogP contribution in [-0.2, 0) is 14.3 Å². The molecule has 0 spiro atoms. The summed E-state index contributed by atoms with van der Waals surface area (Å²) < 4.78 is 5.89. The molecule has 0 heterocycles. The first-order valence-corrected chi connectivity index (χ1v) is 24.9. The molecule has 0 aromatic rings. The molecule has 0 fully saturated rings. The van der Waals surface area contributed by atoms with E-state index in [9.17, 15) is 19.8 Å². The number of esters is 1. The van der Waals surface area contributed by atoms with E-state index in [4.69, 9.17) is 4.74 Å². The lowest BCUT2D eigenvalue weighted by atomic mass is 10.0. The summed E-state index contributed by atoms with van der Waals surface area (Å²) in [4.78, 5) is 25.9. The molecule has 0 aliphatic carbocycles. The van der Waals surface area contributed by atoms with Gasteiger partial charge in [-0.3, -0.25) is 9.59 Å². The van der Waals surface area contributed by atoms with E-state index < -0.39 is 18.2 Å². The maximum absolute atomic E-state index is 13.1. The van der Waals surface area contributed by atoms with Gasteiger partial charge in [0, 0.05) is 6.42 Å². The van der Waals surface area contributed by atoms with Crippen LogP contribution in [-0.4, -0.2) is 46.9 Å². The fraction of sp³-hybridized carbons (Fsp3) is 0.920. The molecule has 0 saturated heterocycles.